The van der Waals surface area contributed by atoms with E-state index in [9.17, 15) is 0 Å². The molecule has 0 amide bonds. The summed E-state index contributed by atoms with van der Waals surface area (Å²) in [5.41, 5.74) is 11.0. The van der Waals surface area contributed by atoms with Gasteiger partial charge in [0.15, 0.2) is 0 Å². The molecule has 0 bridgehead atoms. The molecule has 84 valence electrons. The third kappa shape index (κ3) is 2.28. The predicted molar refractivity (Wildman–Crippen MR) is 61.1 cm³/mol. The van der Waals surface area contributed by atoms with Crippen LogP contribution in [0.3, 0.4) is 0 Å². The van der Waals surface area contributed by atoms with Gasteiger partial charge in [-0.25, -0.2) is 0 Å². The van der Waals surface area contributed by atoms with Gasteiger partial charge in [0.1, 0.15) is 0 Å². The Bertz CT molecular complexity index is 447. The van der Waals surface area contributed by atoms with Gasteiger partial charge in [0.25, 0.3) is 5.95 Å². The number of rotatable bonds is 4. The molecular formula is C10H14N6. The molecule has 1 aromatic heterocycles. The van der Waals surface area contributed by atoms with Gasteiger partial charge in [0.2, 0.25) is 0 Å². The zero-order valence-electron chi connectivity index (χ0n) is 9.09. The van der Waals surface area contributed by atoms with E-state index in [2.05, 4.69) is 52.1 Å². The number of nitrogens with zero attached hydrogens (tertiary/aromatic N) is 4. The quantitative estimate of drug-likeness (QED) is 0.783. The van der Waals surface area contributed by atoms with E-state index in [1.165, 1.54) is 10.4 Å². The first-order chi connectivity index (χ1) is 7.79. The molecular weight excluding hydrogens is 204 g/mol. The van der Waals surface area contributed by atoms with Crippen molar-refractivity contribution >= 4 is 5.95 Å². The van der Waals surface area contributed by atoms with Crippen molar-refractivity contribution in [3.8, 4) is 0 Å². The summed E-state index contributed by atoms with van der Waals surface area (Å²) in [5.74, 6) is 0.255. The van der Waals surface area contributed by atoms with Crippen molar-refractivity contribution in [3.63, 3.8) is 0 Å². The van der Waals surface area contributed by atoms with E-state index in [0.29, 0.717) is 6.54 Å². The zero-order chi connectivity index (χ0) is 11.4. The SMILES string of the molecule is CCc1ccc(CNn2nnnc2N)cc1. The fourth-order valence-electron chi connectivity index (χ4n) is 1.37. The van der Waals surface area contributed by atoms with Gasteiger partial charge in [-0.2, -0.15) is 0 Å². The smallest absolute Gasteiger partial charge is 0.260 e. The van der Waals surface area contributed by atoms with Crippen molar-refractivity contribution in [1.29, 1.82) is 0 Å². The molecule has 0 aliphatic carbocycles. The van der Waals surface area contributed by atoms with E-state index in [0.717, 1.165) is 12.0 Å². The lowest BCUT2D eigenvalue weighted by Gasteiger charge is -2.06. The van der Waals surface area contributed by atoms with Gasteiger partial charge < -0.3 is 11.2 Å². The molecule has 0 saturated carbocycles. The molecule has 0 atom stereocenters. The Hall–Kier alpha value is -2.11. The summed E-state index contributed by atoms with van der Waals surface area (Å²) in [7, 11) is 0. The van der Waals surface area contributed by atoms with E-state index >= 15 is 0 Å². The van der Waals surface area contributed by atoms with E-state index in [1.807, 2.05) is 0 Å². The van der Waals surface area contributed by atoms with Crippen LogP contribution in [0.15, 0.2) is 24.3 Å². The monoisotopic (exact) mass is 218 g/mol. The van der Waals surface area contributed by atoms with Crippen molar-refractivity contribution in [1.82, 2.24) is 20.3 Å². The number of tetrazole rings is 1. The Balaban J connectivity index is 1.97. The molecule has 1 heterocycles. The van der Waals surface area contributed by atoms with E-state index < -0.39 is 0 Å². The fourth-order valence-corrected chi connectivity index (χ4v) is 1.37. The standard InChI is InChI=1S/C10H14N6/c1-2-8-3-5-9(6-4-8)7-12-16-10(11)13-14-15-16/h3-6,12H,2,7H2,1H3,(H2,11,13,15). The van der Waals surface area contributed by atoms with Crippen molar-refractivity contribution in [2.75, 3.05) is 11.2 Å². The highest BCUT2D eigenvalue weighted by molar-refractivity contribution is 5.23. The summed E-state index contributed by atoms with van der Waals surface area (Å²) in [6, 6.07) is 8.37. The van der Waals surface area contributed by atoms with Gasteiger partial charge in [0.05, 0.1) is 6.54 Å². The zero-order valence-corrected chi connectivity index (χ0v) is 9.09. The number of benzene rings is 1. The molecule has 2 aromatic rings. The lowest BCUT2D eigenvalue weighted by Crippen LogP contribution is -2.18. The summed E-state index contributed by atoms with van der Waals surface area (Å²) < 4.78 is 0. The molecule has 6 nitrogen and oxygen atoms in total. The van der Waals surface area contributed by atoms with Gasteiger partial charge in [0, 0.05) is 0 Å². The Morgan fingerprint density at radius 1 is 1.25 bits per heavy atom. The Labute approximate surface area is 93.4 Å². The second kappa shape index (κ2) is 4.61. The number of anilines is 1. The first-order valence-corrected chi connectivity index (χ1v) is 5.15. The Kier molecular flexibility index (Phi) is 3.00. The minimum absolute atomic E-state index is 0.255. The molecule has 6 heteroatoms. The topological polar surface area (TPSA) is 81.7 Å². The van der Waals surface area contributed by atoms with Crippen molar-refractivity contribution < 1.29 is 0 Å². The van der Waals surface area contributed by atoms with E-state index in [1.54, 1.807) is 0 Å². The van der Waals surface area contributed by atoms with Crippen LogP contribution in [-0.4, -0.2) is 20.3 Å². The van der Waals surface area contributed by atoms with Crippen LogP contribution >= 0.6 is 0 Å². The molecule has 0 aliphatic rings. The van der Waals surface area contributed by atoms with Crippen LogP contribution in [0.4, 0.5) is 5.95 Å². The summed E-state index contributed by atoms with van der Waals surface area (Å²) >= 11 is 0. The Morgan fingerprint density at radius 2 is 1.94 bits per heavy atom. The van der Waals surface area contributed by atoms with Gasteiger partial charge >= 0.3 is 0 Å². The average molecular weight is 218 g/mol. The number of hydrogen-bond donors (Lipinski definition) is 2. The van der Waals surface area contributed by atoms with Gasteiger partial charge in [-0.15, -0.1) is 4.79 Å². The summed E-state index contributed by atoms with van der Waals surface area (Å²) in [5, 5.41) is 10.7. The third-order valence-electron chi connectivity index (χ3n) is 2.36. The molecule has 0 aliphatic heterocycles. The largest absolute Gasteiger partial charge is 0.365 e. The second-order valence-corrected chi connectivity index (χ2v) is 3.45. The fraction of sp³-hybridized carbons (Fsp3) is 0.300. The third-order valence-corrected chi connectivity index (χ3v) is 2.36. The molecule has 0 fully saturated rings. The van der Waals surface area contributed by atoms with Crippen LogP contribution < -0.4 is 11.2 Å². The maximum atomic E-state index is 5.51. The predicted octanol–water partition coefficient (Wildman–Crippen LogP) is 0.561. The molecule has 3 N–H and O–H groups in total. The van der Waals surface area contributed by atoms with Gasteiger partial charge in [-0.1, -0.05) is 36.3 Å². The van der Waals surface area contributed by atoms with Gasteiger partial charge in [-0.3, -0.25) is 0 Å². The lowest BCUT2D eigenvalue weighted by molar-refractivity contribution is 0.693. The highest BCUT2D eigenvalue weighted by Crippen LogP contribution is 2.05. The number of aromatic nitrogens is 4. The molecule has 16 heavy (non-hydrogen) atoms. The number of nitrogens with two attached hydrogens (primary N) is 1. The van der Waals surface area contributed by atoms with Crippen molar-refractivity contribution in [3.05, 3.63) is 35.4 Å². The van der Waals surface area contributed by atoms with Gasteiger partial charge in [-0.05, 0) is 28.0 Å². The van der Waals surface area contributed by atoms with Crippen LogP contribution in [0.1, 0.15) is 18.1 Å². The Morgan fingerprint density at radius 3 is 2.50 bits per heavy atom. The highest BCUT2D eigenvalue weighted by Gasteiger charge is 1.99. The van der Waals surface area contributed by atoms with Crippen LogP contribution in [0.5, 0.6) is 0 Å². The van der Waals surface area contributed by atoms with Crippen molar-refractivity contribution in [2.24, 2.45) is 0 Å². The molecule has 0 unspecified atom stereocenters. The lowest BCUT2D eigenvalue weighted by atomic mass is 10.1. The number of nitrogens with one attached hydrogen (secondary N) is 1. The van der Waals surface area contributed by atoms with Crippen LogP contribution in [-0.2, 0) is 13.0 Å². The first kappa shape index (κ1) is 10.4. The summed E-state index contributed by atoms with van der Waals surface area (Å²) in [6.45, 7) is 2.77. The minimum Gasteiger partial charge on any atom is -0.365 e. The maximum absolute atomic E-state index is 5.51. The number of aryl methyl sites for hydroxylation is 1. The molecule has 2 rings (SSSR count). The average Bonchev–Trinajstić information content (AvgIpc) is 2.73. The first-order valence-electron chi connectivity index (χ1n) is 5.15. The van der Waals surface area contributed by atoms with Crippen LogP contribution in [0.2, 0.25) is 0 Å². The second-order valence-electron chi connectivity index (χ2n) is 3.45. The maximum Gasteiger partial charge on any atom is 0.260 e. The molecule has 1 aromatic carbocycles. The summed E-state index contributed by atoms with van der Waals surface area (Å²) in [4.78, 5) is 1.35. The van der Waals surface area contributed by atoms with Crippen molar-refractivity contribution in [2.45, 2.75) is 19.9 Å². The van der Waals surface area contributed by atoms with E-state index in [4.69, 9.17) is 5.73 Å². The molecule has 0 saturated heterocycles. The van der Waals surface area contributed by atoms with E-state index in [-0.39, 0.29) is 5.95 Å². The van der Waals surface area contributed by atoms with Crippen LogP contribution in [0.25, 0.3) is 0 Å². The molecule has 0 spiro atoms. The molecule has 0 radical (unpaired) electrons. The minimum atomic E-state index is 0.255. The van der Waals surface area contributed by atoms with Crippen LogP contribution in [0, 0.1) is 0 Å². The number of nitrogen functional groups attached to an aromatic ring is 1. The highest BCUT2D eigenvalue weighted by atomic mass is 15.7. The normalized spacial score (nSPS) is 10.3. The summed E-state index contributed by atoms with van der Waals surface area (Å²) in [6.07, 6.45) is 1.05. The number of hydrogen-bond acceptors (Lipinski definition) is 5.